The van der Waals surface area contributed by atoms with Crippen molar-refractivity contribution in [2.45, 2.75) is 128 Å². The first-order valence-electron chi connectivity index (χ1n) is 30.5. The van der Waals surface area contributed by atoms with Gasteiger partial charge < -0.3 is 47.1 Å². The molecule has 0 spiro atoms. The van der Waals surface area contributed by atoms with Crippen molar-refractivity contribution in [2.24, 2.45) is 9.98 Å². The van der Waals surface area contributed by atoms with Crippen molar-refractivity contribution in [2.75, 3.05) is 53.6 Å². The topological polar surface area (TPSA) is 159 Å². The molecule has 2 aliphatic rings. The Morgan fingerprint density at radius 1 is 0.596 bits per heavy atom. The Hall–Kier alpha value is -7.28. The Labute approximate surface area is 532 Å². The van der Waals surface area contributed by atoms with Crippen LogP contribution in [-0.2, 0) is 23.1 Å². The summed E-state index contributed by atoms with van der Waals surface area (Å²) in [6.07, 6.45) is 12.6. The van der Waals surface area contributed by atoms with Crippen molar-refractivity contribution in [1.29, 1.82) is 0 Å². The zero-order valence-electron chi connectivity index (χ0n) is 53.8. The molecule has 0 aliphatic carbocycles. The summed E-state index contributed by atoms with van der Waals surface area (Å²) in [6.45, 7) is 18.3. The molecular weight excluding hydrogens is 1170 g/mol. The van der Waals surface area contributed by atoms with E-state index in [1.165, 1.54) is 27.1 Å². The van der Waals surface area contributed by atoms with E-state index in [4.69, 9.17) is 28.0 Å². The van der Waals surface area contributed by atoms with Crippen molar-refractivity contribution < 1.29 is 28.2 Å². The van der Waals surface area contributed by atoms with Gasteiger partial charge in [0.05, 0.1) is 65.9 Å². The number of rotatable bonds is 19. The molecule has 6 unspecified atom stereocenters. The van der Waals surface area contributed by atoms with Crippen LogP contribution in [0.5, 0.6) is 0 Å². The maximum absolute atomic E-state index is 11.3. The van der Waals surface area contributed by atoms with Gasteiger partial charge in [0.25, 0.3) is 16.6 Å². The summed E-state index contributed by atoms with van der Waals surface area (Å²) in [6, 6.07) is 42.4. The first-order valence-corrected chi connectivity index (χ1v) is 35.8. The van der Waals surface area contributed by atoms with Crippen LogP contribution in [0, 0.1) is 23.7 Å². The molecule has 8 aromatic rings. The lowest BCUT2D eigenvalue weighted by Crippen LogP contribution is -2.67. The van der Waals surface area contributed by atoms with Gasteiger partial charge in [0, 0.05) is 66.3 Å². The number of benzene rings is 4. The third kappa shape index (κ3) is 14.7. The fraction of sp³-hybridized carbons (Fsp3) is 0.400. The summed E-state index contributed by atoms with van der Waals surface area (Å²) in [5.74, 6) is 14.6. The number of hydrogen-bond acceptors (Lipinski definition) is 13. The van der Waals surface area contributed by atoms with E-state index in [9.17, 15) is 5.11 Å². The van der Waals surface area contributed by atoms with Crippen molar-refractivity contribution in [3.8, 4) is 23.7 Å². The van der Waals surface area contributed by atoms with E-state index in [1.807, 2.05) is 87.2 Å². The van der Waals surface area contributed by atoms with Gasteiger partial charge in [-0.3, -0.25) is 0 Å². The zero-order valence-corrected chi connectivity index (χ0v) is 56.6. The van der Waals surface area contributed by atoms with Crippen LogP contribution in [0.1, 0.15) is 105 Å². The highest BCUT2D eigenvalue weighted by atomic mass is 32.2. The van der Waals surface area contributed by atoms with Crippen molar-refractivity contribution in [3.63, 3.8) is 0 Å². The molecule has 4 aromatic heterocycles. The van der Waals surface area contributed by atoms with Crippen molar-refractivity contribution >= 4 is 95.5 Å². The van der Waals surface area contributed by atoms with Crippen LogP contribution >= 0.6 is 11.8 Å². The molecule has 6 heterocycles. The van der Waals surface area contributed by atoms with E-state index in [0.29, 0.717) is 42.7 Å². The Balaban J connectivity index is 0.000000212. The van der Waals surface area contributed by atoms with E-state index in [2.05, 4.69) is 204 Å². The minimum Gasteiger partial charge on any atom is -0.405 e. The van der Waals surface area contributed by atoms with Crippen LogP contribution in [0.2, 0.25) is 10.1 Å². The standard InChI is InChI=1S/C36H45N5O3SSi.C34H41N5O3Si/c1-8-9-16-27-22-41(35-33(27)34(37-24-38-35)39-25-40(5)6)32-21-30(42-26-45-7)31(44-32)23-43-46(36(2,3)4,28-17-12-10-13-18-28)29-19-14-11-15-20-29;1-7-8-15-25-21-39(33-31(25)32(35-23-36-33)37-24-38(5)6)30-20-28(40)29(42-30)22-41-43(34(2,3)4,26-16-11-9-12-17-26)27-18-13-10-14-19-27/h10-15,17-20,22,24-25,30-32H,8,21,23,26H2,1-7H3;9-14,16-19,21,23-24,28-30,40H,7,20,22H2,1-6H3. The summed E-state index contributed by atoms with van der Waals surface area (Å²) in [7, 11) is 2.13. The van der Waals surface area contributed by atoms with Crippen molar-refractivity contribution in [3.05, 3.63) is 158 Å². The summed E-state index contributed by atoms with van der Waals surface area (Å²) < 4.78 is 38.3. The smallest absolute Gasteiger partial charge is 0.261 e. The van der Waals surface area contributed by atoms with E-state index in [-0.39, 0.29) is 35.1 Å². The third-order valence-corrected chi connectivity index (χ3v) is 26.3. The molecule has 10 rings (SSSR count). The van der Waals surface area contributed by atoms with Gasteiger partial charge in [0.15, 0.2) is 11.6 Å². The number of ether oxygens (including phenoxy) is 3. The van der Waals surface area contributed by atoms with E-state index < -0.39 is 35.1 Å². The Kier molecular flexibility index (Phi) is 22.0. The van der Waals surface area contributed by atoms with E-state index in [0.717, 1.165) is 40.4 Å². The van der Waals surface area contributed by atoms with Crippen molar-refractivity contribution in [1.82, 2.24) is 38.9 Å². The maximum Gasteiger partial charge on any atom is 0.261 e. The van der Waals surface area contributed by atoms with E-state index in [1.54, 1.807) is 30.8 Å². The number of thioether (sulfide) groups is 1. The van der Waals surface area contributed by atoms with Gasteiger partial charge in [-0.1, -0.05) is 200 Å². The lowest BCUT2D eigenvalue weighted by atomic mass is 10.2. The Bertz CT molecular complexity index is 3720. The highest BCUT2D eigenvalue weighted by molar-refractivity contribution is 7.98. The molecule has 2 fully saturated rings. The minimum absolute atomic E-state index is 0.146. The highest BCUT2D eigenvalue weighted by Gasteiger charge is 2.53. The summed E-state index contributed by atoms with van der Waals surface area (Å²) in [5.41, 5.74) is 3.03. The third-order valence-electron chi connectivity index (χ3n) is 16.0. The fourth-order valence-electron chi connectivity index (χ4n) is 12.0. The summed E-state index contributed by atoms with van der Waals surface area (Å²) >= 11 is 1.66. The Morgan fingerprint density at radius 3 is 1.35 bits per heavy atom. The largest absolute Gasteiger partial charge is 0.405 e. The normalized spacial score (nSPS) is 18.9. The van der Waals surface area contributed by atoms with Gasteiger partial charge in [-0.05, 0) is 37.1 Å². The van der Waals surface area contributed by atoms with E-state index >= 15 is 0 Å². The molecule has 2 aliphatic heterocycles. The molecule has 0 bridgehead atoms. The maximum atomic E-state index is 11.3. The van der Waals surface area contributed by atoms with Crippen LogP contribution in [0.15, 0.2) is 156 Å². The predicted octanol–water partition coefficient (Wildman–Crippen LogP) is 10.6. The van der Waals surface area contributed by atoms with Gasteiger partial charge in [0.1, 0.15) is 48.6 Å². The second kappa shape index (κ2) is 29.6. The molecular formula is C70H86N10O6SSi2. The predicted molar refractivity (Wildman–Crippen MR) is 367 cm³/mol. The number of hydrogen-bond donors (Lipinski definition) is 1. The molecule has 2 saturated heterocycles. The average molecular weight is 1250 g/mol. The van der Waals surface area contributed by atoms with Gasteiger partial charge in [-0.25, -0.2) is 29.9 Å². The monoisotopic (exact) mass is 1250 g/mol. The molecule has 1 N–H and O–H groups in total. The quantitative estimate of drug-likeness (QED) is 0.0268. The number of nitrogens with zero attached hydrogens (tertiary/aromatic N) is 10. The number of aliphatic hydroxyl groups is 1. The SMILES string of the molecule is CCC#Cc1cn(C2CC(O)C(CO[Si](c3ccccc3)(c3ccccc3)C(C)(C)C)O2)c2ncnc(N=CN(C)C)c12.CCC#Cc1cn(C2CC(OCSC)C(CO[Si](c3ccccc3)(c3ccccc3)C(C)(C)C)O2)c2ncnc(N=CN(C)C)c12. The van der Waals surface area contributed by atoms with Gasteiger partial charge >= 0.3 is 0 Å². The van der Waals surface area contributed by atoms with Crippen LogP contribution < -0.4 is 20.7 Å². The fourth-order valence-corrected chi connectivity index (χ4v) is 21.4. The Morgan fingerprint density at radius 2 is 0.978 bits per heavy atom. The van der Waals surface area contributed by atoms with Gasteiger partial charge in [-0.15, -0.1) is 11.8 Å². The molecule has 0 amide bonds. The molecule has 466 valence electrons. The number of aliphatic hydroxyl groups excluding tert-OH is 1. The van der Waals surface area contributed by atoms with Crippen LogP contribution in [-0.4, -0.2) is 151 Å². The molecule has 0 radical (unpaired) electrons. The second-order valence-electron chi connectivity index (χ2n) is 24.8. The van der Waals surface area contributed by atoms with Crippen LogP contribution in [0.3, 0.4) is 0 Å². The molecule has 89 heavy (non-hydrogen) atoms. The molecule has 4 aromatic carbocycles. The molecule has 0 saturated carbocycles. The summed E-state index contributed by atoms with van der Waals surface area (Å²) in [5, 5.41) is 17.4. The molecule has 19 heteroatoms. The summed E-state index contributed by atoms with van der Waals surface area (Å²) in [4.78, 5) is 31.2. The van der Waals surface area contributed by atoms with Crippen LogP contribution in [0.25, 0.3) is 22.1 Å². The lowest BCUT2D eigenvalue weighted by molar-refractivity contribution is -0.0499. The second-order valence-corrected chi connectivity index (χ2v) is 34.2. The average Bonchev–Trinajstić information content (AvgIpc) is 2.07. The lowest BCUT2D eigenvalue weighted by Gasteiger charge is -2.43. The zero-order chi connectivity index (χ0) is 63.3. The number of aromatic nitrogens is 6. The first-order chi connectivity index (χ1) is 42.8. The number of fused-ring (bicyclic) bond motifs is 2. The van der Waals surface area contributed by atoms with Gasteiger partial charge in [-0.2, -0.15) is 0 Å². The van der Waals surface area contributed by atoms with Gasteiger partial charge in [0.2, 0.25) is 0 Å². The molecule has 6 atom stereocenters. The number of aliphatic imine (C=N–C) groups is 2. The molecule has 16 nitrogen and oxygen atoms in total. The van der Waals surface area contributed by atoms with Crippen LogP contribution in [0.4, 0.5) is 11.6 Å². The minimum atomic E-state index is -2.78. The first kappa shape index (κ1) is 66.2. The highest BCUT2D eigenvalue weighted by Crippen LogP contribution is 2.42.